The SMILES string of the molecule is COC(=O)c1ccc(NC(=O)Cc2ccc(-c3cccc(OCc4ccc(Cl)cc4F)n3)cc2)c(NCc2cnco2)c1. The van der Waals surface area contributed by atoms with E-state index in [2.05, 4.69) is 20.6 Å². The van der Waals surface area contributed by atoms with Gasteiger partial charge in [-0.2, -0.15) is 0 Å². The fourth-order valence-electron chi connectivity index (χ4n) is 4.18. The van der Waals surface area contributed by atoms with Crippen LogP contribution < -0.4 is 15.4 Å². The van der Waals surface area contributed by atoms with Gasteiger partial charge in [-0.15, -0.1) is 0 Å². The zero-order valence-electron chi connectivity index (χ0n) is 23.0. The van der Waals surface area contributed by atoms with E-state index in [4.69, 9.17) is 25.5 Å². The van der Waals surface area contributed by atoms with E-state index in [1.165, 1.54) is 19.6 Å². The zero-order chi connectivity index (χ0) is 30.2. The number of nitrogens with one attached hydrogen (secondary N) is 2. The summed E-state index contributed by atoms with van der Waals surface area (Å²) in [5.74, 6) is -0.253. The molecule has 0 aliphatic rings. The van der Waals surface area contributed by atoms with Gasteiger partial charge in [0, 0.05) is 22.2 Å². The highest BCUT2D eigenvalue weighted by atomic mass is 35.5. The molecule has 5 rings (SSSR count). The molecule has 1 amide bonds. The standard InChI is InChI=1S/C32H26ClFN4O5/c1-41-32(40)22-10-12-28(29(14-22)36-17-25-16-35-19-43-25)37-30(39)13-20-5-7-21(8-6-20)27-3-2-4-31(38-27)42-18-23-9-11-24(33)15-26(23)34/h2-12,14-16,19,36H,13,17-18H2,1H3,(H,37,39). The number of nitrogens with zero attached hydrogens (tertiary/aromatic N) is 2. The molecule has 0 unspecified atom stereocenters. The topological polar surface area (TPSA) is 116 Å². The number of amides is 1. The molecule has 0 atom stereocenters. The Morgan fingerprint density at radius 1 is 1.00 bits per heavy atom. The number of pyridine rings is 1. The quantitative estimate of drug-likeness (QED) is 0.161. The van der Waals surface area contributed by atoms with Gasteiger partial charge in [0.25, 0.3) is 0 Å². The van der Waals surface area contributed by atoms with Crippen molar-refractivity contribution in [2.45, 2.75) is 19.6 Å². The van der Waals surface area contributed by atoms with Crippen LogP contribution in [0, 0.1) is 5.82 Å². The number of esters is 1. The first-order chi connectivity index (χ1) is 20.9. The number of hydrogen-bond acceptors (Lipinski definition) is 8. The summed E-state index contributed by atoms with van der Waals surface area (Å²) in [6.45, 7) is 0.309. The molecule has 0 spiro atoms. The first kappa shape index (κ1) is 29.3. The minimum Gasteiger partial charge on any atom is -0.473 e. The van der Waals surface area contributed by atoms with Gasteiger partial charge in [-0.3, -0.25) is 4.79 Å². The summed E-state index contributed by atoms with van der Waals surface area (Å²) in [7, 11) is 1.30. The van der Waals surface area contributed by atoms with E-state index in [0.717, 1.165) is 11.1 Å². The Balaban J connectivity index is 1.22. The van der Waals surface area contributed by atoms with E-state index >= 15 is 0 Å². The van der Waals surface area contributed by atoms with Crippen molar-refractivity contribution in [2.75, 3.05) is 17.7 Å². The molecule has 0 aliphatic carbocycles. The molecule has 2 heterocycles. The Morgan fingerprint density at radius 2 is 1.84 bits per heavy atom. The number of methoxy groups -OCH3 is 1. The van der Waals surface area contributed by atoms with Crippen molar-refractivity contribution in [1.82, 2.24) is 9.97 Å². The zero-order valence-corrected chi connectivity index (χ0v) is 23.7. The largest absolute Gasteiger partial charge is 0.473 e. The number of anilines is 2. The molecule has 0 bridgehead atoms. The maximum atomic E-state index is 14.1. The Bertz CT molecular complexity index is 1730. The number of carbonyl (C=O) groups is 2. The van der Waals surface area contributed by atoms with Crippen LogP contribution in [0.3, 0.4) is 0 Å². The number of hydrogen-bond donors (Lipinski definition) is 2. The van der Waals surface area contributed by atoms with Crippen molar-refractivity contribution in [3.63, 3.8) is 0 Å². The van der Waals surface area contributed by atoms with Gasteiger partial charge >= 0.3 is 5.97 Å². The smallest absolute Gasteiger partial charge is 0.337 e. The van der Waals surface area contributed by atoms with Crippen molar-refractivity contribution in [2.24, 2.45) is 0 Å². The summed E-state index contributed by atoms with van der Waals surface area (Å²) in [6, 6.07) is 22.0. The van der Waals surface area contributed by atoms with Crippen LogP contribution in [0.25, 0.3) is 11.3 Å². The van der Waals surface area contributed by atoms with Gasteiger partial charge in [0.1, 0.15) is 18.2 Å². The highest BCUT2D eigenvalue weighted by Crippen LogP contribution is 2.26. The van der Waals surface area contributed by atoms with Gasteiger partial charge in [-0.05, 0) is 42.0 Å². The second-order valence-corrected chi connectivity index (χ2v) is 9.82. The predicted molar refractivity (Wildman–Crippen MR) is 159 cm³/mol. The molecule has 43 heavy (non-hydrogen) atoms. The van der Waals surface area contributed by atoms with E-state index in [-0.39, 0.29) is 18.9 Å². The average molecular weight is 601 g/mol. The van der Waals surface area contributed by atoms with E-state index in [9.17, 15) is 14.0 Å². The molecule has 0 radical (unpaired) electrons. The normalized spacial score (nSPS) is 10.7. The first-order valence-electron chi connectivity index (χ1n) is 13.1. The molecule has 0 saturated heterocycles. The lowest BCUT2D eigenvalue weighted by molar-refractivity contribution is -0.115. The Morgan fingerprint density at radius 3 is 2.58 bits per heavy atom. The number of halogens is 2. The number of aromatic nitrogens is 2. The number of oxazole rings is 1. The summed E-state index contributed by atoms with van der Waals surface area (Å²) < 4.78 is 29.8. The highest BCUT2D eigenvalue weighted by molar-refractivity contribution is 6.30. The third-order valence-corrected chi connectivity index (χ3v) is 6.61. The van der Waals surface area contributed by atoms with Crippen LogP contribution in [0.5, 0.6) is 5.88 Å². The average Bonchev–Trinajstić information content (AvgIpc) is 3.54. The molecule has 0 saturated carbocycles. The molecule has 9 nitrogen and oxygen atoms in total. The van der Waals surface area contributed by atoms with Gasteiger partial charge in [-0.1, -0.05) is 48.0 Å². The lowest BCUT2D eigenvalue weighted by Crippen LogP contribution is -2.16. The van der Waals surface area contributed by atoms with Crippen LogP contribution in [-0.2, 0) is 29.1 Å². The number of rotatable bonds is 11. The summed E-state index contributed by atoms with van der Waals surface area (Å²) in [6.07, 6.45) is 3.01. The Kier molecular flexibility index (Phi) is 9.28. The summed E-state index contributed by atoms with van der Waals surface area (Å²) in [5, 5.41) is 6.38. The van der Waals surface area contributed by atoms with E-state index in [1.54, 1.807) is 48.7 Å². The van der Waals surface area contributed by atoms with Crippen LogP contribution in [-0.4, -0.2) is 29.0 Å². The number of ether oxygens (including phenoxy) is 2. The lowest BCUT2D eigenvalue weighted by atomic mass is 10.1. The van der Waals surface area contributed by atoms with Crippen molar-refractivity contribution in [1.29, 1.82) is 0 Å². The lowest BCUT2D eigenvalue weighted by Gasteiger charge is -2.14. The minimum atomic E-state index is -0.497. The molecule has 2 N–H and O–H groups in total. The Labute approximate surface area is 251 Å². The second-order valence-electron chi connectivity index (χ2n) is 9.38. The molecule has 0 aliphatic heterocycles. The molecule has 5 aromatic rings. The minimum absolute atomic E-state index is 0.0101. The fourth-order valence-corrected chi connectivity index (χ4v) is 4.33. The van der Waals surface area contributed by atoms with Gasteiger partial charge in [0.15, 0.2) is 6.39 Å². The predicted octanol–water partition coefficient (Wildman–Crippen LogP) is 6.69. The second kappa shape index (κ2) is 13.6. The van der Waals surface area contributed by atoms with Crippen molar-refractivity contribution < 1.29 is 27.9 Å². The molecular formula is C32H26ClFN4O5. The van der Waals surface area contributed by atoms with Crippen molar-refractivity contribution in [3.05, 3.63) is 125 Å². The van der Waals surface area contributed by atoms with Crippen molar-refractivity contribution in [3.8, 4) is 17.1 Å². The van der Waals surface area contributed by atoms with Crippen LogP contribution in [0.2, 0.25) is 5.02 Å². The molecule has 11 heteroatoms. The van der Waals surface area contributed by atoms with E-state index < -0.39 is 11.8 Å². The van der Waals surface area contributed by atoms with Crippen LogP contribution in [0.1, 0.15) is 27.2 Å². The van der Waals surface area contributed by atoms with Gasteiger partial charge in [0.2, 0.25) is 11.8 Å². The highest BCUT2D eigenvalue weighted by Gasteiger charge is 2.14. The van der Waals surface area contributed by atoms with Gasteiger partial charge in [0.05, 0.1) is 48.9 Å². The third kappa shape index (κ3) is 7.75. The van der Waals surface area contributed by atoms with Gasteiger partial charge < -0.3 is 24.5 Å². The molecule has 0 fully saturated rings. The fraction of sp³-hybridized carbons (Fsp3) is 0.125. The van der Waals surface area contributed by atoms with Gasteiger partial charge in [-0.25, -0.2) is 19.2 Å². The summed E-state index contributed by atoms with van der Waals surface area (Å²) in [5.41, 5.74) is 3.99. The first-order valence-corrected chi connectivity index (χ1v) is 13.5. The molecular weight excluding hydrogens is 575 g/mol. The van der Waals surface area contributed by atoms with E-state index in [0.29, 0.717) is 51.4 Å². The van der Waals surface area contributed by atoms with E-state index in [1.807, 2.05) is 30.3 Å². The maximum Gasteiger partial charge on any atom is 0.337 e. The maximum absolute atomic E-state index is 14.1. The molecule has 3 aromatic carbocycles. The monoisotopic (exact) mass is 600 g/mol. The van der Waals surface area contributed by atoms with Crippen LogP contribution in [0.4, 0.5) is 15.8 Å². The summed E-state index contributed by atoms with van der Waals surface area (Å²) >= 11 is 5.81. The molecule has 2 aromatic heterocycles. The molecule has 218 valence electrons. The van der Waals surface area contributed by atoms with Crippen LogP contribution in [0.15, 0.2) is 95.9 Å². The van der Waals surface area contributed by atoms with Crippen molar-refractivity contribution >= 4 is 34.9 Å². The number of benzene rings is 3. The summed E-state index contributed by atoms with van der Waals surface area (Å²) in [4.78, 5) is 33.4. The number of carbonyl (C=O) groups excluding carboxylic acids is 2. The third-order valence-electron chi connectivity index (χ3n) is 6.38. The van der Waals surface area contributed by atoms with Crippen LogP contribution >= 0.6 is 11.6 Å². The Hall–Kier alpha value is -5.22.